The van der Waals surface area contributed by atoms with Gasteiger partial charge in [0.1, 0.15) is 0 Å². The van der Waals surface area contributed by atoms with Crippen LogP contribution in [0.3, 0.4) is 0 Å². The van der Waals surface area contributed by atoms with Crippen LogP contribution in [0.4, 0.5) is 0 Å². The number of amides is 1. The average molecular weight is 361 g/mol. The molecule has 6 nitrogen and oxygen atoms in total. The van der Waals surface area contributed by atoms with Crippen molar-refractivity contribution in [2.75, 3.05) is 6.54 Å². The van der Waals surface area contributed by atoms with Crippen molar-refractivity contribution >= 4 is 15.9 Å². The SMILES string of the molecule is CC(C)(CN)NC(=O)c1cccc(S(=O)(=O)NCc2ccccc2)c1. The predicted molar refractivity (Wildman–Crippen MR) is 97.5 cm³/mol. The van der Waals surface area contributed by atoms with Gasteiger partial charge < -0.3 is 11.1 Å². The molecule has 0 aliphatic rings. The summed E-state index contributed by atoms with van der Waals surface area (Å²) in [5.74, 6) is -0.365. The molecule has 0 bridgehead atoms. The minimum atomic E-state index is -3.72. The highest BCUT2D eigenvalue weighted by molar-refractivity contribution is 7.89. The second-order valence-electron chi connectivity index (χ2n) is 6.38. The molecule has 0 fully saturated rings. The van der Waals surface area contributed by atoms with E-state index in [4.69, 9.17) is 5.73 Å². The third-order valence-corrected chi connectivity index (χ3v) is 5.08. The van der Waals surface area contributed by atoms with Gasteiger partial charge in [0, 0.05) is 24.2 Å². The predicted octanol–water partition coefficient (Wildman–Crippen LogP) is 1.63. The van der Waals surface area contributed by atoms with Crippen molar-refractivity contribution in [2.45, 2.75) is 30.8 Å². The zero-order chi connectivity index (χ0) is 18.5. The van der Waals surface area contributed by atoms with Crippen molar-refractivity contribution < 1.29 is 13.2 Å². The molecule has 0 radical (unpaired) electrons. The van der Waals surface area contributed by atoms with E-state index in [1.807, 2.05) is 30.3 Å². The quantitative estimate of drug-likeness (QED) is 0.698. The van der Waals surface area contributed by atoms with E-state index in [-0.39, 0.29) is 29.5 Å². The van der Waals surface area contributed by atoms with Gasteiger partial charge in [-0.15, -0.1) is 0 Å². The molecular weight excluding hydrogens is 338 g/mol. The van der Waals surface area contributed by atoms with E-state index in [9.17, 15) is 13.2 Å². The number of carbonyl (C=O) groups excluding carboxylic acids is 1. The van der Waals surface area contributed by atoms with E-state index >= 15 is 0 Å². The van der Waals surface area contributed by atoms with Gasteiger partial charge in [-0.05, 0) is 37.6 Å². The molecule has 2 rings (SSSR count). The van der Waals surface area contributed by atoms with Gasteiger partial charge in [0.15, 0.2) is 0 Å². The fourth-order valence-electron chi connectivity index (χ4n) is 2.09. The molecular formula is C18H23N3O3S. The Morgan fingerprint density at radius 3 is 2.40 bits per heavy atom. The van der Waals surface area contributed by atoms with Crippen molar-refractivity contribution in [3.63, 3.8) is 0 Å². The molecule has 0 heterocycles. The maximum atomic E-state index is 12.5. The van der Waals surface area contributed by atoms with Crippen molar-refractivity contribution in [1.29, 1.82) is 0 Å². The lowest BCUT2D eigenvalue weighted by Crippen LogP contribution is -2.48. The van der Waals surface area contributed by atoms with Gasteiger partial charge in [-0.2, -0.15) is 0 Å². The zero-order valence-electron chi connectivity index (χ0n) is 14.3. The molecule has 0 saturated carbocycles. The maximum absolute atomic E-state index is 12.5. The molecule has 0 saturated heterocycles. The highest BCUT2D eigenvalue weighted by atomic mass is 32.2. The van der Waals surface area contributed by atoms with Gasteiger partial charge in [0.25, 0.3) is 5.91 Å². The molecule has 4 N–H and O–H groups in total. The molecule has 2 aromatic carbocycles. The number of hydrogen-bond donors (Lipinski definition) is 3. The minimum absolute atomic E-state index is 0.0432. The molecule has 0 aliphatic heterocycles. The summed E-state index contributed by atoms with van der Waals surface area (Å²) in [6, 6.07) is 15.1. The van der Waals surface area contributed by atoms with E-state index < -0.39 is 15.6 Å². The smallest absolute Gasteiger partial charge is 0.251 e. The number of carbonyl (C=O) groups is 1. The normalized spacial score (nSPS) is 12.0. The van der Waals surface area contributed by atoms with Crippen LogP contribution < -0.4 is 15.8 Å². The van der Waals surface area contributed by atoms with E-state index in [0.717, 1.165) is 5.56 Å². The summed E-state index contributed by atoms with van der Waals surface area (Å²) in [4.78, 5) is 12.3. The second-order valence-corrected chi connectivity index (χ2v) is 8.15. The van der Waals surface area contributed by atoms with Crippen LogP contribution in [0.15, 0.2) is 59.5 Å². The highest BCUT2D eigenvalue weighted by Crippen LogP contribution is 2.13. The first kappa shape index (κ1) is 19.1. The lowest BCUT2D eigenvalue weighted by atomic mass is 10.1. The molecule has 7 heteroatoms. The number of hydrogen-bond acceptors (Lipinski definition) is 4. The largest absolute Gasteiger partial charge is 0.346 e. The fraction of sp³-hybridized carbons (Fsp3) is 0.278. The van der Waals surface area contributed by atoms with Crippen LogP contribution in [0.2, 0.25) is 0 Å². The molecule has 1 amide bonds. The van der Waals surface area contributed by atoms with Crippen molar-refractivity contribution in [1.82, 2.24) is 10.0 Å². The van der Waals surface area contributed by atoms with Gasteiger partial charge in [0.2, 0.25) is 10.0 Å². The molecule has 2 aromatic rings. The Balaban J connectivity index is 2.15. The third kappa shape index (κ3) is 5.38. The molecule has 25 heavy (non-hydrogen) atoms. The summed E-state index contributed by atoms with van der Waals surface area (Å²) in [6.45, 7) is 4.05. The van der Waals surface area contributed by atoms with Crippen molar-refractivity contribution in [3.05, 3.63) is 65.7 Å². The Labute approximate surface area is 148 Å². The number of sulfonamides is 1. The van der Waals surface area contributed by atoms with Crippen LogP contribution in [0.5, 0.6) is 0 Å². The van der Waals surface area contributed by atoms with Crippen LogP contribution in [0.25, 0.3) is 0 Å². The van der Waals surface area contributed by atoms with E-state index in [1.54, 1.807) is 26.0 Å². The van der Waals surface area contributed by atoms with Crippen LogP contribution in [-0.4, -0.2) is 26.4 Å². The van der Waals surface area contributed by atoms with Crippen LogP contribution in [0, 0.1) is 0 Å². The summed E-state index contributed by atoms with van der Waals surface area (Å²) in [5.41, 5.74) is 6.15. The van der Waals surface area contributed by atoms with Gasteiger partial charge >= 0.3 is 0 Å². The molecule has 0 aliphatic carbocycles. The minimum Gasteiger partial charge on any atom is -0.346 e. The Bertz CT molecular complexity index is 834. The van der Waals surface area contributed by atoms with E-state index in [2.05, 4.69) is 10.0 Å². The average Bonchev–Trinajstić information content (AvgIpc) is 2.61. The Morgan fingerprint density at radius 2 is 1.76 bits per heavy atom. The van der Waals surface area contributed by atoms with Crippen LogP contribution >= 0.6 is 0 Å². The van der Waals surface area contributed by atoms with Crippen LogP contribution in [0.1, 0.15) is 29.8 Å². The lowest BCUT2D eigenvalue weighted by Gasteiger charge is -2.24. The summed E-state index contributed by atoms with van der Waals surface area (Å²) in [5, 5.41) is 2.78. The first-order valence-electron chi connectivity index (χ1n) is 7.90. The molecule has 0 spiro atoms. The third-order valence-electron chi connectivity index (χ3n) is 3.68. The zero-order valence-corrected chi connectivity index (χ0v) is 15.1. The van der Waals surface area contributed by atoms with Gasteiger partial charge in [-0.25, -0.2) is 13.1 Å². The fourth-order valence-corrected chi connectivity index (χ4v) is 3.16. The monoisotopic (exact) mass is 361 g/mol. The van der Waals surface area contributed by atoms with Gasteiger partial charge in [-0.3, -0.25) is 4.79 Å². The molecule has 0 atom stereocenters. The second kappa shape index (κ2) is 7.77. The Morgan fingerprint density at radius 1 is 1.08 bits per heavy atom. The van der Waals surface area contributed by atoms with Crippen LogP contribution in [-0.2, 0) is 16.6 Å². The Kier molecular flexibility index (Phi) is 5.94. The lowest BCUT2D eigenvalue weighted by molar-refractivity contribution is 0.0915. The Hall–Kier alpha value is -2.22. The topological polar surface area (TPSA) is 101 Å². The number of nitrogens with one attached hydrogen (secondary N) is 2. The molecule has 0 unspecified atom stereocenters. The summed E-state index contributed by atoms with van der Waals surface area (Å²) in [6.07, 6.45) is 0. The summed E-state index contributed by atoms with van der Waals surface area (Å²) < 4.78 is 27.5. The van der Waals surface area contributed by atoms with Gasteiger partial charge in [0.05, 0.1) is 4.90 Å². The maximum Gasteiger partial charge on any atom is 0.251 e. The number of rotatable bonds is 7. The van der Waals surface area contributed by atoms with Gasteiger partial charge in [-0.1, -0.05) is 36.4 Å². The number of benzene rings is 2. The first-order valence-corrected chi connectivity index (χ1v) is 9.38. The summed E-state index contributed by atoms with van der Waals surface area (Å²) in [7, 11) is -3.72. The van der Waals surface area contributed by atoms with Crippen molar-refractivity contribution in [3.8, 4) is 0 Å². The highest BCUT2D eigenvalue weighted by Gasteiger charge is 2.21. The molecule has 0 aromatic heterocycles. The standard InChI is InChI=1S/C18H23N3O3S/c1-18(2,13-19)21-17(22)15-9-6-10-16(11-15)25(23,24)20-12-14-7-4-3-5-8-14/h3-11,20H,12-13,19H2,1-2H3,(H,21,22). The van der Waals surface area contributed by atoms with E-state index in [0.29, 0.717) is 0 Å². The summed E-state index contributed by atoms with van der Waals surface area (Å²) >= 11 is 0. The van der Waals surface area contributed by atoms with E-state index in [1.165, 1.54) is 12.1 Å². The first-order chi connectivity index (χ1) is 11.7. The number of nitrogens with two attached hydrogens (primary N) is 1. The molecule has 134 valence electrons. The van der Waals surface area contributed by atoms with Crippen molar-refractivity contribution in [2.24, 2.45) is 5.73 Å².